The van der Waals surface area contributed by atoms with E-state index in [2.05, 4.69) is 37.2 Å². The first kappa shape index (κ1) is 26.5. The highest BCUT2D eigenvalue weighted by atomic mass is 16.5. The summed E-state index contributed by atoms with van der Waals surface area (Å²) < 4.78 is 6.08. The fraction of sp³-hybridized carbons (Fsp3) is 0.241. The number of fused-ring (bicyclic) bond motifs is 1. The molecule has 1 amide bonds. The van der Waals surface area contributed by atoms with Crippen LogP contribution in [0.5, 0.6) is 11.5 Å². The molecule has 1 aliphatic rings. The monoisotopic (exact) mass is 537 g/mol. The average molecular weight is 538 g/mol. The number of carbonyl (C=O) groups excluding carboxylic acids is 1. The predicted octanol–water partition coefficient (Wildman–Crippen LogP) is 5.80. The normalized spacial score (nSPS) is 13.4. The Hall–Kier alpha value is -5.06. The van der Waals surface area contributed by atoms with Crippen LogP contribution < -0.4 is 20.3 Å². The summed E-state index contributed by atoms with van der Waals surface area (Å²) in [5, 5.41) is 9.96. The van der Waals surface area contributed by atoms with Crippen LogP contribution >= 0.6 is 0 Å². The van der Waals surface area contributed by atoms with Crippen molar-refractivity contribution in [3.8, 4) is 11.5 Å². The lowest BCUT2D eigenvalue weighted by atomic mass is 10.2. The molecule has 3 N–H and O–H groups in total. The van der Waals surface area contributed by atoms with Gasteiger partial charge in [0.05, 0.1) is 11.2 Å². The van der Waals surface area contributed by atoms with Crippen molar-refractivity contribution in [2.24, 2.45) is 5.11 Å². The number of aryl methyl sites for hydroxylation is 1. The van der Waals surface area contributed by atoms with E-state index in [-0.39, 0.29) is 5.91 Å². The summed E-state index contributed by atoms with van der Waals surface area (Å²) in [6.07, 6.45) is 3.74. The second-order valence-corrected chi connectivity index (χ2v) is 9.38. The summed E-state index contributed by atoms with van der Waals surface area (Å²) in [6.45, 7) is 8.37. The SMILES string of the molecule is C=CC(=O)N1CCCN(c2ccc3ncnc(Nc4ccc(Oc5ccc(NC)c(N=N)c5)c(C)c4)c3n2)CC1. The van der Waals surface area contributed by atoms with Gasteiger partial charge in [0.25, 0.3) is 0 Å². The van der Waals surface area contributed by atoms with Crippen molar-refractivity contribution < 1.29 is 9.53 Å². The highest BCUT2D eigenvalue weighted by Crippen LogP contribution is 2.34. The zero-order valence-corrected chi connectivity index (χ0v) is 22.5. The largest absolute Gasteiger partial charge is 0.457 e. The summed E-state index contributed by atoms with van der Waals surface area (Å²) in [5.41, 5.74) is 11.8. The minimum absolute atomic E-state index is 0.0419. The maximum atomic E-state index is 12.1. The van der Waals surface area contributed by atoms with E-state index >= 15 is 0 Å². The van der Waals surface area contributed by atoms with Gasteiger partial charge in [-0.05, 0) is 67.4 Å². The highest BCUT2D eigenvalue weighted by Gasteiger charge is 2.19. The van der Waals surface area contributed by atoms with Crippen LogP contribution in [0.4, 0.5) is 28.7 Å². The minimum Gasteiger partial charge on any atom is -0.457 e. The van der Waals surface area contributed by atoms with E-state index in [0.717, 1.165) is 41.2 Å². The Labute approximate surface area is 232 Å². The molecule has 11 nitrogen and oxygen atoms in total. The number of anilines is 4. The summed E-state index contributed by atoms with van der Waals surface area (Å²) in [4.78, 5) is 29.9. The third-order valence-electron chi connectivity index (χ3n) is 6.80. The minimum atomic E-state index is -0.0419. The van der Waals surface area contributed by atoms with Crippen LogP contribution in [-0.2, 0) is 4.79 Å². The van der Waals surface area contributed by atoms with Crippen molar-refractivity contribution in [3.05, 3.63) is 73.1 Å². The third-order valence-corrected chi connectivity index (χ3v) is 6.80. The van der Waals surface area contributed by atoms with E-state index in [9.17, 15) is 4.79 Å². The van der Waals surface area contributed by atoms with Gasteiger partial charge in [0.15, 0.2) is 5.82 Å². The average Bonchev–Trinajstić information content (AvgIpc) is 3.24. The molecule has 1 saturated heterocycles. The van der Waals surface area contributed by atoms with Gasteiger partial charge in [-0.25, -0.2) is 20.5 Å². The molecule has 0 bridgehead atoms. The van der Waals surface area contributed by atoms with Crippen LogP contribution in [0.1, 0.15) is 12.0 Å². The Balaban J connectivity index is 1.35. The standard InChI is InChI=1S/C29H31N9O2/c1-4-27(39)38-13-5-12-37(14-15-38)26-11-9-23-28(35-26)29(33-18-32-23)34-20-6-10-25(19(2)16-20)40-21-7-8-22(31-3)24(17-21)36-30/h4,6-11,16-18,30-31H,1,5,12-15H2,2-3H3,(H,32,33,34). The van der Waals surface area contributed by atoms with Gasteiger partial charge in [-0.2, -0.15) is 5.11 Å². The van der Waals surface area contributed by atoms with Gasteiger partial charge in [0, 0.05) is 45.0 Å². The Bertz CT molecular complexity index is 1570. The van der Waals surface area contributed by atoms with Gasteiger partial charge in [-0.3, -0.25) is 4.79 Å². The van der Waals surface area contributed by atoms with Crippen LogP contribution in [-0.4, -0.2) is 59.0 Å². The number of ether oxygens (including phenoxy) is 1. The molecule has 11 heteroatoms. The second-order valence-electron chi connectivity index (χ2n) is 9.38. The van der Waals surface area contributed by atoms with E-state index in [0.29, 0.717) is 48.2 Å². The van der Waals surface area contributed by atoms with Crippen LogP contribution in [0.2, 0.25) is 0 Å². The quantitative estimate of drug-likeness (QED) is 0.190. The van der Waals surface area contributed by atoms with Gasteiger partial charge in [0.1, 0.15) is 34.8 Å². The molecule has 0 unspecified atom stereocenters. The molecule has 4 aromatic rings. The number of pyridine rings is 1. The Morgan fingerprint density at radius 2 is 1.98 bits per heavy atom. The zero-order valence-electron chi connectivity index (χ0n) is 22.5. The lowest BCUT2D eigenvalue weighted by Crippen LogP contribution is -2.34. The molecule has 0 spiro atoms. The Morgan fingerprint density at radius 3 is 2.75 bits per heavy atom. The highest BCUT2D eigenvalue weighted by molar-refractivity contribution is 5.88. The molecule has 2 aromatic carbocycles. The molecule has 1 fully saturated rings. The van der Waals surface area contributed by atoms with E-state index in [1.165, 1.54) is 12.4 Å². The number of nitrogens with one attached hydrogen (secondary N) is 3. The molecule has 0 radical (unpaired) electrons. The number of amides is 1. The van der Waals surface area contributed by atoms with Crippen LogP contribution in [0.3, 0.4) is 0 Å². The Morgan fingerprint density at radius 1 is 1.10 bits per heavy atom. The molecule has 5 rings (SSSR count). The first-order valence-electron chi connectivity index (χ1n) is 13.0. The lowest BCUT2D eigenvalue weighted by molar-refractivity contribution is -0.125. The number of benzene rings is 2. The molecule has 204 valence electrons. The second kappa shape index (κ2) is 11.8. The summed E-state index contributed by atoms with van der Waals surface area (Å²) in [5.74, 6) is 2.66. The van der Waals surface area contributed by atoms with E-state index in [4.69, 9.17) is 15.3 Å². The maximum Gasteiger partial charge on any atom is 0.246 e. The van der Waals surface area contributed by atoms with Gasteiger partial charge in [-0.1, -0.05) is 6.58 Å². The number of carbonyl (C=O) groups is 1. The van der Waals surface area contributed by atoms with Gasteiger partial charge >= 0.3 is 0 Å². The van der Waals surface area contributed by atoms with E-state index in [1.807, 2.05) is 54.3 Å². The van der Waals surface area contributed by atoms with Crippen molar-refractivity contribution in [2.75, 3.05) is 48.8 Å². The molecule has 0 aliphatic carbocycles. The number of hydrogen-bond acceptors (Lipinski definition) is 10. The number of nitrogens with zero attached hydrogens (tertiary/aromatic N) is 6. The third kappa shape index (κ3) is 5.68. The first-order valence-corrected chi connectivity index (χ1v) is 13.0. The van der Waals surface area contributed by atoms with E-state index in [1.54, 1.807) is 13.1 Å². The van der Waals surface area contributed by atoms with Gasteiger partial charge in [-0.15, -0.1) is 0 Å². The summed E-state index contributed by atoms with van der Waals surface area (Å²) in [7, 11) is 1.79. The molecule has 1 aliphatic heterocycles. The van der Waals surface area contributed by atoms with E-state index < -0.39 is 0 Å². The predicted molar refractivity (Wildman–Crippen MR) is 156 cm³/mol. The van der Waals surface area contributed by atoms with Crippen LogP contribution in [0, 0.1) is 12.5 Å². The summed E-state index contributed by atoms with van der Waals surface area (Å²) in [6, 6.07) is 15.1. The molecule has 0 atom stereocenters. The van der Waals surface area contributed by atoms with Crippen molar-refractivity contribution in [2.45, 2.75) is 13.3 Å². The lowest BCUT2D eigenvalue weighted by Gasteiger charge is -2.22. The fourth-order valence-corrected chi connectivity index (χ4v) is 4.68. The Kier molecular flexibility index (Phi) is 7.81. The first-order chi connectivity index (χ1) is 19.5. The van der Waals surface area contributed by atoms with Crippen molar-refractivity contribution in [1.29, 1.82) is 5.53 Å². The number of hydrogen-bond donors (Lipinski definition) is 3. The van der Waals surface area contributed by atoms with Crippen molar-refractivity contribution in [3.63, 3.8) is 0 Å². The van der Waals surface area contributed by atoms with Gasteiger partial charge < -0.3 is 25.2 Å². The summed E-state index contributed by atoms with van der Waals surface area (Å²) >= 11 is 0. The maximum absolute atomic E-state index is 12.1. The molecular weight excluding hydrogens is 506 g/mol. The number of aromatic nitrogens is 3. The molecule has 3 heterocycles. The van der Waals surface area contributed by atoms with Crippen molar-refractivity contribution >= 4 is 45.6 Å². The molecule has 40 heavy (non-hydrogen) atoms. The van der Waals surface area contributed by atoms with Crippen LogP contribution in [0.15, 0.2) is 72.6 Å². The molecular formula is C29H31N9O2. The van der Waals surface area contributed by atoms with Gasteiger partial charge in [0.2, 0.25) is 5.91 Å². The topological polar surface area (TPSA) is 132 Å². The van der Waals surface area contributed by atoms with Crippen molar-refractivity contribution in [1.82, 2.24) is 19.9 Å². The van der Waals surface area contributed by atoms with Crippen LogP contribution in [0.25, 0.3) is 11.0 Å². The zero-order chi connectivity index (χ0) is 28.1. The molecule has 0 saturated carbocycles. The molecule has 2 aromatic heterocycles. The smallest absolute Gasteiger partial charge is 0.246 e. The fourth-order valence-electron chi connectivity index (χ4n) is 4.68. The number of rotatable bonds is 8.